The highest BCUT2D eigenvalue weighted by Crippen LogP contribution is 1.92. The summed E-state index contributed by atoms with van der Waals surface area (Å²) in [4.78, 5) is 10.6. The first-order valence-electron chi connectivity index (χ1n) is 4.34. The zero-order valence-corrected chi connectivity index (χ0v) is 8.40. The van der Waals surface area contributed by atoms with Crippen molar-refractivity contribution in [3.05, 3.63) is 25.5 Å². The monoisotopic (exact) mass is 200 g/mol. The standard InChI is InChI=1S/C10H16O4/c1-4-10(11)14-7-6-13-9(3)8-12-5-2/h4-5,9H,1-2,6-8H2,3H3. The van der Waals surface area contributed by atoms with Gasteiger partial charge in [0.05, 0.1) is 19.0 Å². The molecule has 0 fully saturated rings. The number of hydrogen-bond acceptors (Lipinski definition) is 4. The van der Waals surface area contributed by atoms with Gasteiger partial charge in [0.25, 0.3) is 0 Å². The molecule has 0 radical (unpaired) electrons. The van der Waals surface area contributed by atoms with Gasteiger partial charge in [-0.1, -0.05) is 13.2 Å². The third-order valence-corrected chi connectivity index (χ3v) is 1.35. The van der Waals surface area contributed by atoms with E-state index in [0.29, 0.717) is 13.2 Å². The molecule has 0 aromatic carbocycles. The summed E-state index contributed by atoms with van der Waals surface area (Å²) >= 11 is 0. The van der Waals surface area contributed by atoms with Crippen molar-refractivity contribution in [2.75, 3.05) is 19.8 Å². The van der Waals surface area contributed by atoms with Gasteiger partial charge in [0.15, 0.2) is 0 Å². The highest BCUT2D eigenvalue weighted by molar-refractivity contribution is 5.81. The molecule has 0 aromatic rings. The lowest BCUT2D eigenvalue weighted by atomic mass is 10.4. The molecule has 0 saturated heterocycles. The van der Waals surface area contributed by atoms with E-state index >= 15 is 0 Å². The van der Waals surface area contributed by atoms with Crippen LogP contribution in [0.2, 0.25) is 0 Å². The van der Waals surface area contributed by atoms with E-state index in [1.807, 2.05) is 6.92 Å². The molecule has 4 nitrogen and oxygen atoms in total. The van der Waals surface area contributed by atoms with Crippen molar-refractivity contribution < 1.29 is 19.0 Å². The minimum Gasteiger partial charge on any atom is -0.499 e. The Morgan fingerprint density at radius 2 is 2.14 bits per heavy atom. The molecule has 0 aliphatic carbocycles. The number of rotatable bonds is 8. The number of hydrogen-bond donors (Lipinski definition) is 0. The molecule has 4 heteroatoms. The van der Waals surface area contributed by atoms with Crippen LogP contribution in [0.1, 0.15) is 6.92 Å². The molecule has 1 atom stereocenters. The van der Waals surface area contributed by atoms with Gasteiger partial charge < -0.3 is 14.2 Å². The van der Waals surface area contributed by atoms with E-state index < -0.39 is 5.97 Å². The molecular weight excluding hydrogens is 184 g/mol. The van der Waals surface area contributed by atoms with Crippen LogP contribution in [0.5, 0.6) is 0 Å². The van der Waals surface area contributed by atoms with Crippen molar-refractivity contribution in [3.8, 4) is 0 Å². The Labute approximate surface area is 84.1 Å². The summed E-state index contributed by atoms with van der Waals surface area (Å²) in [5, 5.41) is 0. The summed E-state index contributed by atoms with van der Waals surface area (Å²) < 4.78 is 14.9. The fourth-order valence-corrected chi connectivity index (χ4v) is 0.702. The lowest BCUT2D eigenvalue weighted by Crippen LogP contribution is -2.18. The Morgan fingerprint density at radius 3 is 2.71 bits per heavy atom. The van der Waals surface area contributed by atoms with Gasteiger partial charge in [0.2, 0.25) is 0 Å². The second-order valence-electron chi connectivity index (χ2n) is 2.55. The second-order valence-corrected chi connectivity index (χ2v) is 2.55. The van der Waals surface area contributed by atoms with Crippen molar-refractivity contribution in [2.45, 2.75) is 13.0 Å². The fourth-order valence-electron chi connectivity index (χ4n) is 0.702. The average molecular weight is 200 g/mol. The van der Waals surface area contributed by atoms with Crippen LogP contribution in [-0.2, 0) is 19.0 Å². The van der Waals surface area contributed by atoms with E-state index in [4.69, 9.17) is 14.2 Å². The van der Waals surface area contributed by atoms with E-state index in [9.17, 15) is 4.79 Å². The number of carbonyl (C=O) groups excluding carboxylic acids is 1. The first-order chi connectivity index (χ1) is 6.70. The topological polar surface area (TPSA) is 44.8 Å². The summed E-state index contributed by atoms with van der Waals surface area (Å²) in [5.41, 5.74) is 0. The van der Waals surface area contributed by atoms with Crippen LogP contribution in [0.25, 0.3) is 0 Å². The van der Waals surface area contributed by atoms with Crippen molar-refractivity contribution in [1.82, 2.24) is 0 Å². The third-order valence-electron chi connectivity index (χ3n) is 1.35. The summed E-state index contributed by atoms with van der Waals surface area (Å²) in [6, 6.07) is 0. The molecule has 1 unspecified atom stereocenters. The summed E-state index contributed by atoms with van der Waals surface area (Å²) in [6.07, 6.45) is 2.43. The number of ether oxygens (including phenoxy) is 3. The Kier molecular flexibility index (Phi) is 7.55. The summed E-state index contributed by atoms with van der Waals surface area (Å²) in [6.45, 7) is 9.55. The van der Waals surface area contributed by atoms with Crippen molar-refractivity contribution in [2.24, 2.45) is 0 Å². The van der Waals surface area contributed by atoms with Crippen LogP contribution in [-0.4, -0.2) is 31.9 Å². The maximum Gasteiger partial charge on any atom is 0.330 e. The highest BCUT2D eigenvalue weighted by atomic mass is 16.6. The van der Waals surface area contributed by atoms with E-state index in [1.165, 1.54) is 6.26 Å². The zero-order chi connectivity index (χ0) is 10.8. The van der Waals surface area contributed by atoms with Crippen LogP contribution in [0.3, 0.4) is 0 Å². The Hall–Kier alpha value is -1.29. The lowest BCUT2D eigenvalue weighted by molar-refractivity contribution is -0.140. The Balaban J connectivity index is 3.30. The van der Waals surface area contributed by atoms with Crippen LogP contribution in [0, 0.1) is 0 Å². The minimum atomic E-state index is -0.441. The van der Waals surface area contributed by atoms with Crippen LogP contribution in [0.15, 0.2) is 25.5 Å². The van der Waals surface area contributed by atoms with Gasteiger partial charge in [-0.3, -0.25) is 0 Å². The first kappa shape index (κ1) is 12.7. The molecule has 0 bridgehead atoms. The van der Waals surface area contributed by atoms with Gasteiger partial charge >= 0.3 is 5.97 Å². The van der Waals surface area contributed by atoms with Crippen molar-refractivity contribution >= 4 is 5.97 Å². The average Bonchev–Trinajstić information content (AvgIpc) is 2.21. The molecule has 0 heterocycles. The molecule has 0 saturated carbocycles. The van der Waals surface area contributed by atoms with E-state index in [1.54, 1.807) is 0 Å². The molecule has 0 aliphatic heterocycles. The van der Waals surface area contributed by atoms with Crippen molar-refractivity contribution in [3.63, 3.8) is 0 Å². The van der Waals surface area contributed by atoms with Gasteiger partial charge in [-0.2, -0.15) is 0 Å². The third kappa shape index (κ3) is 7.36. The Morgan fingerprint density at radius 1 is 1.43 bits per heavy atom. The quantitative estimate of drug-likeness (QED) is 0.256. The molecule has 0 aliphatic rings. The normalized spacial score (nSPS) is 11.5. The summed E-state index contributed by atoms with van der Waals surface area (Å²) in [5.74, 6) is -0.441. The van der Waals surface area contributed by atoms with E-state index in [2.05, 4.69) is 13.2 Å². The van der Waals surface area contributed by atoms with Crippen molar-refractivity contribution in [1.29, 1.82) is 0 Å². The van der Waals surface area contributed by atoms with Gasteiger partial charge in [0, 0.05) is 6.08 Å². The minimum absolute atomic E-state index is 0.0459. The molecule has 0 aromatic heterocycles. The number of esters is 1. The molecule has 0 rings (SSSR count). The number of carbonyl (C=O) groups is 1. The SMILES string of the molecule is C=COCC(C)OCCOC(=O)C=C. The maximum absolute atomic E-state index is 10.6. The zero-order valence-electron chi connectivity index (χ0n) is 8.40. The van der Waals surface area contributed by atoms with Gasteiger partial charge in [0.1, 0.15) is 13.2 Å². The molecule has 0 amide bonds. The van der Waals surface area contributed by atoms with Gasteiger partial charge in [-0.25, -0.2) is 4.79 Å². The summed E-state index contributed by atoms with van der Waals surface area (Å²) in [7, 11) is 0. The van der Waals surface area contributed by atoms with Gasteiger partial charge in [-0.15, -0.1) is 0 Å². The largest absolute Gasteiger partial charge is 0.499 e. The fraction of sp³-hybridized carbons (Fsp3) is 0.500. The Bertz CT molecular complexity index is 189. The molecule has 0 N–H and O–H groups in total. The maximum atomic E-state index is 10.6. The molecule has 0 spiro atoms. The lowest BCUT2D eigenvalue weighted by Gasteiger charge is -2.11. The first-order valence-corrected chi connectivity index (χ1v) is 4.34. The van der Waals surface area contributed by atoms with Gasteiger partial charge in [-0.05, 0) is 6.92 Å². The highest BCUT2D eigenvalue weighted by Gasteiger charge is 2.01. The molecule has 14 heavy (non-hydrogen) atoms. The van der Waals surface area contributed by atoms with Crippen LogP contribution >= 0.6 is 0 Å². The molecule has 80 valence electrons. The van der Waals surface area contributed by atoms with Crippen LogP contribution in [0.4, 0.5) is 0 Å². The van der Waals surface area contributed by atoms with E-state index in [0.717, 1.165) is 6.08 Å². The molecular formula is C10H16O4. The second kappa shape index (κ2) is 8.31. The predicted molar refractivity (Wildman–Crippen MR) is 52.7 cm³/mol. The smallest absolute Gasteiger partial charge is 0.330 e. The van der Waals surface area contributed by atoms with Crippen LogP contribution < -0.4 is 0 Å². The predicted octanol–water partition coefficient (Wildman–Crippen LogP) is 1.28. The van der Waals surface area contributed by atoms with E-state index in [-0.39, 0.29) is 12.7 Å².